The van der Waals surface area contributed by atoms with Gasteiger partial charge >= 0.3 is 6.03 Å². The highest BCUT2D eigenvalue weighted by atomic mass is 35.5. The molecule has 2 bridgehead atoms. The predicted octanol–water partition coefficient (Wildman–Crippen LogP) is 4.60. The first kappa shape index (κ1) is 33.3. The first-order valence-corrected chi connectivity index (χ1v) is 16.5. The second kappa shape index (κ2) is 15.4. The molecule has 236 valence electrons. The molecule has 8 nitrogen and oxygen atoms in total. The molecule has 1 aromatic rings. The number of nitrogens with one attached hydrogen (secondary N) is 2. The highest BCUT2D eigenvalue weighted by molar-refractivity contribution is 6.30. The Kier molecular flexibility index (Phi) is 12.2. The molecule has 0 aromatic heterocycles. The van der Waals surface area contributed by atoms with E-state index in [0.717, 1.165) is 57.2 Å². The topological polar surface area (TPSA) is 88.2 Å². The van der Waals surface area contributed by atoms with Crippen LogP contribution < -0.4 is 10.6 Å². The fourth-order valence-electron chi connectivity index (χ4n) is 7.88. The van der Waals surface area contributed by atoms with Crippen LogP contribution in [0.5, 0.6) is 0 Å². The van der Waals surface area contributed by atoms with Crippen LogP contribution in [0.4, 0.5) is 4.79 Å². The lowest BCUT2D eigenvalue weighted by molar-refractivity contribution is -0.139. The summed E-state index contributed by atoms with van der Waals surface area (Å²) < 4.78 is 0. The molecule has 0 radical (unpaired) electrons. The summed E-state index contributed by atoms with van der Waals surface area (Å²) in [6, 6.07) is 8.63. The van der Waals surface area contributed by atoms with Crippen LogP contribution >= 0.6 is 24.0 Å². The van der Waals surface area contributed by atoms with Gasteiger partial charge in [-0.05, 0) is 82.9 Å². The summed E-state index contributed by atoms with van der Waals surface area (Å²) in [5.41, 5.74) is 1.08. The van der Waals surface area contributed by atoms with Gasteiger partial charge in [-0.25, -0.2) is 4.79 Å². The number of rotatable bonds is 10. The molecule has 3 saturated heterocycles. The molecule has 3 aliphatic heterocycles. The molecule has 1 aromatic carbocycles. The van der Waals surface area contributed by atoms with Crippen LogP contribution in [0.15, 0.2) is 24.3 Å². The average molecular weight is 625 g/mol. The Morgan fingerprint density at radius 3 is 2.21 bits per heavy atom. The van der Waals surface area contributed by atoms with E-state index in [0.29, 0.717) is 37.0 Å². The van der Waals surface area contributed by atoms with Gasteiger partial charge in [0.25, 0.3) is 0 Å². The third-order valence-corrected chi connectivity index (χ3v) is 10.3. The van der Waals surface area contributed by atoms with E-state index in [1.807, 2.05) is 29.2 Å². The number of halogens is 2. The number of amides is 3. The van der Waals surface area contributed by atoms with Gasteiger partial charge in [0.05, 0.1) is 12.1 Å². The fourth-order valence-corrected chi connectivity index (χ4v) is 8.01. The molecule has 5 atom stereocenters. The standard InChI is InChI=1S/C32H50ClN5O3.ClH/c1-3-36(4-2)32(41)38(25-8-6-5-7-9-25)28-18-26-14-15-27(19-28)37(26)31(40)30(16-22-10-12-23(33)13-11-22)35-20-24-17-29(39)21-34-24;/h10-13,24-30,34-35,39H,3-9,14-21H2,1-2H3;1H/t24-,26?,27?,28?,29+,30+;/m0./s1. The number of hydrogen-bond acceptors (Lipinski definition) is 5. The van der Waals surface area contributed by atoms with E-state index in [9.17, 15) is 14.7 Å². The van der Waals surface area contributed by atoms with Crippen molar-refractivity contribution in [2.24, 2.45) is 0 Å². The minimum absolute atomic E-state index is 0. The molecule has 1 aliphatic carbocycles. The maximum Gasteiger partial charge on any atom is 0.320 e. The smallest absolute Gasteiger partial charge is 0.320 e. The molecule has 42 heavy (non-hydrogen) atoms. The summed E-state index contributed by atoms with van der Waals surface area (Å²) in [6.07, 6.45) is 10.6. The molecule has 2 unspecified atom stereocenters. The van der Waals surface area contributed by atoms with Crippen molar-refractivity contribution in [3.05, 3.63) is 34.9 Å². The number of fused-ring (bicyclic) bond motifs is 2. The summed E-state index contributed by atoms with van der Waals surface area (Å²) in [4.78, 5) is 34.6. The normalized spacial score (nSPS) is 28.3. The zero-order valence-corrected chi connectivity index (χ0v) is 26.9. The van der Waals surface area contributed by atoms with Gasteiger partial charge in [-0.2, -0.15) is 0 Å². The van der Waals surface area contributed by atoms with Crippen LogP contribution in [0.3, 0.4) is 0 Å². The Balaban J connectivity index is 0.00000405. The zero-order valence-electron chi connectivity index (χ0n) is 25.3. The fraction of sp³-hybridized carbons (Fsp3) is 0.750. The maximum atomic E-state index is 14.3. The van der Waals surface area contributed by atoms with Gasteiger partial charge in [0.15, 0.2) is 0 Å². The van der Waals surface area contributed by atoms with Crippen LogP contribution in [0, 0.1) is 0 Å². The Morgan fingerprint density at radius 2 is 1.64 bits per heavy atom. The Bertz CT molecular complexity index is 1010. The molecule has 3 amide bonds. The summed E-state index contributed by atoms with van der Waals surface area (Å²) in [5.74, 6) is 0.170. The molecular formula is C32H51Cl2N5O3. The molecule has 3 N–H and O–H groups in total. The third-order valence-electron chi connectivity index (χ3n) is 10.0. The molecule has 4 fully saturated rings. The molecule has 0 spiro atoms. The first-order valence-electron chi connectivity index (χ1n) is 16.2. The van der Waals surface area contributed by atoms with E-state index in [1.54, 1.807) is 0 Å². The number of nitrogens with zero attached hydrogens (tertiary/aromatic N) is 3. The first-order chi connectivity index (χ1) is 19.9. The highest BCUT2D eigenvalue weighted by Crippen LogP contribution is 2.40. The van der Waals surface area contributed by atoms with Gasteiger partial charge in [-0.1, -0.05) is 43.0 Å². The van der Waals surface area contributed by atoms with Gasteiger partial charge in [0.1, 0.15) is 0 Å². The van der Waals surface area contributed by atoms with E-state index in [1.165, 1.54) is 19.3 Å². The maximum absolute atomic E-state index is 14.3. The van der Waals surface area contributed by atoms with Crippen molar-refractivity contribution < 1.29 is 14.7 Å². The molecule has 4 aliphatic rings. The van der Waals surface area contributed by atoms with E-state index in [-0.39, 0.29) is 60.7 Å². The van der Waals surface area contributed by atoms with Gasteiger partial charge in [-0.3, -0.25) is 4.79 Å². The van der Waals surface area contributed by atoms with Crippen molar-refractivity contribution in [1.29, 1.82) is 0 Å². The number of piperidine rings is 1. The van der Waals surface area contributed by atoms with E-state index in [2.05, 4.69) is 34.3 Å². The molecule has 5 rings (SSSR count). The number of hydrogen-bond donors (Lipinski definition) is 3. The third kappa shape index (κ3) is 7.73. The minimum atomic E-state index is -0.345. The van der Waals surface area contributed by atoms with Crippen LogP contribution in [-0.2, 0) is 11.2 Å². The van der Waals surface area contributed by atoms with Crippen molar-refractivity contribution in [1.82, 2.24) is 25.3 Å². The number of carbonyl (C=O) groups is 2. The van der Waals surface area contributed by atoms with Crippen molar-refractivity contribution >= 4 is 35.9 Å². The molecular weight excluding hydrogens is 573 g/mol. The Hall–Kier alpha value is -1.58. The monoisotopic (exact) mass is 623 g/mol. The van der Waals surface area contributed by atoms with Gasteiger partial charge < -0.3 is 30.4 Å². The number of carbonyl (C=O) groups excluding carboxylic acids is 2. The van der Waals surface area contributed by atoms with E-state index in [4.69, 9.17) is 11.6 Å². The summed E-state index contributed by atoms with van der Waals surface area (Å²) >= 11 is 6.14. The van der Waals surface area contributed by atoms with E-state index >= 15 is 0 Å². The predicted molar refractivity (Wildman–Crippen MR) is 170 cm³/mol. The lowest BCUT2D eigenvalue weighted by atomic mass is 9.89. The van der Waals surface area contributed by atoms with Gasteiger partial charge in [-0.15, -0.1) is 12.4 Å². The Morgan fingerprint density at radius 1 is 1.00 bits per heavy atom. The van der Waals surface area contributed by atoms with Crippen molar-refractivity contribution in [2.45, 2.75) is 127 Å². The van der Waals surface area contributed by atoms with Crippen molar-refractivity contribution in [3.63, 3.8) is 0 Å². The largest absolute Gasteiger partial charge is 0.392 e. The van der Waals surface area contributed by atoms with Gasteiger partial charge in [0, 0.05) is 61.4 Å². The second-order valence-corrected chi connectivity index (χ2v) is 13.1. The van der Waals surface area contributed by atoms with Gasteiger partial charge in [0.2, 0.25) is 5.91 Å². The van der Waals surface area contributed by atoms with Crippen LogP contribution in [0.2, 0.25) is 5.02 Å². The van der Waals surface area contributed by atoms with Crippen molar-refractivity contribution in [2.75, 3.05) is 26.2 Å². The van der Waals surface area contributed by atoms with Crippen molar-refractivity contribution in [3.8, 4) is 0 Å². The number of aliphatic hydroxyl groups is 1. The Labute approximate surface area is 263 Å². The average Bonchev–Trinajstić information content (AvgIpc) is 3.52. The molecule has 10 heteroatoms. The summed E-state index contributed by atoms with van der Waals surface area (Å²) in [6.45, 7) is 6.84. The van der Waals surface area contributed by atoms with E-state index < -0.39 is 0 Å². The zero-order chi connectivity index (χ0) is 28.9. The van der Waals surface area contributed by atoms with Crippen LogP contribution in [0.25, 0.3) is 0 Å². The lowest BCUT2D eigenvalue weighted by Gasteiger charge is -2.48. The SMILES string of the molecule is CCN(CC)C(=O)N(C1CCCCC1)C1CC2CCC(C1)N2C(=O)[C@@H](Cc1ccc(Cl)cc1)NC[C@@H]1C[C@@H](O)CN1.Cl. The minimum Gasteiger partial charge on any atom is -0.392 e. The quantitative estimate of drug-likeness (QED) is 0.354. The number of aliphatic hydroxyl groups excluding tert-OH is 1. The highest BCUT2D eigenvalue weighted by Gasteiger charge is 2.48. The van der Waals surface area contributed by atoms with Crippen LogP contribution in [-0.4, -0.2) is 100 Å². The number of benzene rings is 1. The lowest BCUT2D eigenvalue weighted by Crippen LogP contribution is -2.61. The molecule has 3 heterocycles. The summed E-state index contributed by atoms with van der Waals surface area (Å²) in [5, 5.41) is 17.6. The summed E-state index contributed by atoms with van der Waals surface area (Å²) in [7, 11) is 0. The molecule has 1 saturated carbocycles. The van der Waals surface area contributed by atoms with Crippen LogP contribution in [0.1, 0.15) is 83.6 Å². The number of urea groups is 1. The number of β-amino-alcohol motifs (C(OH)–C–C–N with tert-alkyl or cyclic N) is 1. The second-order valence-electron chi connectivity index (χ2n) is 12.7.